The maximum atomic E-state index is 12.5. The van der Waals surface area contributed by atoms with Crippen molar-refractivity contribution >= 4 is 39.8 Å². The summed E-state index contributed by atoms with van der Waals surface area (Å²) >= 11 is 1.32. The molecule has 0 bridgehead atoms. The van der Waals surface area contributed by atoms with Gasteiger partial charge in [-0.05, 0) is 31.5 Å². The van der Waals surface area contributed by atoms with Crippen LogP contribution < -0.4 is 10.6 Å². The van der Waals surface area contributed by atoms with E-state index < -0.39 is 23.9 Å². The van der Waals surface area contributed by atoms with Gasteiger partial charge in [-0.15, -0.1) is 11.3 Å². The molecule has 2 aromatic rings. The topological polar surface area (TPSA) is 84.5 Å². The first kappa shape index (κ1) is 20.6. The Morgan fingerprint density at radius 1 is 1.04 bits per heavy atom. The molecule has 2 rings (SSSR count). The van der Waals surface area contributed by atoms with Crippen LogP contribution in [0.1, 0.15) is 41.6 Å². The fourth-order valence-corrected chi connectivity index (χ4v) is 3.22. The number of ether oxygens (including phenoxy) is 1. The molecule has 6 nitrogen and oxygen atoms in total. The van der Waals surface area contributed by atoms with Crippen molar-refractivity contribution in [1.29, 1.82) is 0 Å². The molecule has 0 saturated carbocycles. The van der Waals surface area contributed by atoms with Gasteiger partial charge in [-0.2, -0.15) is 0 Å². The van der Waals surface area contributed by atoms with E-state index in [1.165, 1.54) is 11.3 Å². The van der Waals surface area contributed by atoms with Crippen LogP contribution in [-0.4, -0.2) is 24.4 Å². The largest absolute Gasteiger partial charge is 0.452 e. The molecule has 1 aromatic heterocycles. The number of para-hydroxylation sites is 1. The molecule has 7 heteroatoms. The van der Waals surface area contributed by atoms with E-state index in [2.05, 4.69) is 10.6 Å². The zero-order chi connectivity index (χ0) is 20.2. The minimum absolute atomic E-state index is 0.195. The van der Waals surface area contributed by atoms with Crippen molar-refractivity contribution < 1.29 is 19.1 Å². The lowest BCUT2D eigenvalue weighted by atomic mass is 9.96. The standard InChI is InChI=1S/C20H24N2O4S/c1-12-13(2)27-17(22-19(25)20(3,4)5)16(12)18(24)26-11-15(23)21-14-9-7-6-8-10-14/h6-10H,11H2,1-5H3,(H,21,23)(H,22,25). The lowest BCUT2D eigenvalue weighted by molar-refractivity contribution is -0.123. The lowest BCUT2D eigenvalue weighted by Gasteiger charge is -2.17. The van der Waals surface area contributed by atoms with Crippen LogP contribution in [0.5, 0.6) is 0 Å². The predicted molar refractivity (Wildman–Crippen MR) is 107 cm³/mol. The Kier molecular flexibility index (Phi) is 6.38. The molecule has 27 heavy (non-hydrogen) atoms. The molecule has 0 aliphatic carbocycles. The number of esters is 1. The van der Waals surface area contributed by atoms with Gasteiger partial charge in [0, 0.05) is 16.0 Å². The van der Waals surface area contributed by atoms with Crippen molar-refractivity contribution in [1.82, 2.24) is 0 Å². The van der Waals surface area contributed by atoms with E-state index in [1.807, 2.05) is 13.0 Å². The fourth-order valence-electron chi connectivity index (χ4n) is 2.17. The second-order valence-corrected chi connectivity index (χ2v) is 8.41. The predicted octanol–water partition coefficient (Wildman–Crippen LogP) is 4.15. The number of hydrogen-bond acceptors (Lipinski definition) is 5. The number of nitrogens with one attached hydrogen (secondary N) is 2. The average molecular weight is 388 g/mol. The molecule has 0 atom stereocenters. The van der Waals surface area contributed by atoms with Gasteiger partial charge >= 0.3 is 5.97 Å². The molecule has 2 amide bonds. The molecule has 0 aliphatic heterocycles. The summed E-state index contributed by atoms with van der Waals surface area (Å²) in [5.41, 5.74) is 1.06. The Bertz CT molecular complexity index is 851. The summed E-state index contributed by atoms with van der Waals surface area (Å²) < 4.78 is 5.17. The van der Waals surface area contributed by atoms with Crippen LogP contribution in [0, 0.1) is 19.3 Å². The van der Waals surface area contributed by atoms with Gasteiger partial charge in [0.15, 0.2) is 6.61 Å². The normalized spacial score (nSPS) is 11.0. The van der Waals surface area contributed by atoms with Gasteiger partial charge in [0.25, 0.3) is 5.91 Å². The number of anilines is 2. The first-order chi connectivity index (χ1) is 12.6. The summed E-state index contributed by atoms with van der Waals surface area (Å²) in [6, 6.07) is 8.91. The minimum atomic E-state index is -0.635. The summed E-state index contributed by atoms with van der Waals surface area (Å²) in [4.78, 5) is 37.7. The maximum Gasteiger partial charge on any atom is 0.341 e. The van der Waals surface area contributed by atoms with E-state index in [1.54, 1.807) is 52.0 Å². The molecule has 0 aliphatic rings. The highest BCUT2D eigenvalue weighted by molar-refractivity contribution is 7.16. The number of carbonyl (C=O) groups excluding carboxylic acids is 3. The van der Waals surface area contributed by atoms with Gasteiger partial charge in [0.05, 0.1) is 5.56 Å². The first-order valence-electron chi connectivity index (χ1n) is 8.53. The smallest absolute Gasteiger partial charge is 0.341 e. The Labute approximate surface area is 162 Å². The molecule has 144 valence electrons. The molecule has 0 unspecified atom stereocenters. The number of thiophene rings is 1. The van der Waals surface area contributed by atoms with Gasteiger partial charge in [-0.1, -0.05) is 39.0 Å². The van der Waals surface area contributed by atoms with E-state index in [9.17, 15) is 14.4 Å². The van der Waals surface area contributed by atoms with E-state index in [0.717, 1.165) is 10.4 Å². The van der Waals surface area contributed by atoms with Gasteiger partial charge in [-0.25, -0.2) is 4.79 Å². The first-order valence-corrected chi connectivity index (χ1v) is 9.34. The van der Waals surface area contributed by atoms with Crippen molar-refractivity contribution in [2.45, 2.75) is 34.6 Å². The van der Waals surface area contributed by atoms with Crippen LogP contribution in [0.2, 0.25) is 0 Å². The number of aryl methyl sites for hydroxylation is 1. The Morgan fingerprint density at radius 2 is 1.67 bits per heavy atom. The third-order valence-electron chi connectivity index (χ3n) is 3.89. The second kappa shape index (κ2) is 8.35. The molecule has 0 saturated heterocycles. The summed E-state index contributed by atoms with van der Waals surface area (Å²) in [7, 11) is 0. The van der Waals surface area contributed by atoms with Gasteiger partial charge < -0.3 is 15.4 Å². The maximum absolute atomic E-state index is 12.5. The van der Waals surface area contributed by atoms with Crippen molar-refractivity contribution in [3.8, 4) is 0 Å². The van der Waals surface area contributed by atoms with E-state index in [-0.39, 0.29) is 5.91 Å². The van der Waals surface area contributed by atoms with Crippen molar-refractivity contribution in [2.24, 2.45) is 5.41 Å². The van der Waals surface area contributed by atoms with Crippen molar-refractivity contribution in [2.75, 3.05) is 17.2 Å². The quantitative estimate of drug-likeness (QED) is 0.754. The summed E-state index contributed by atoms with van der Waals surface area (Å²) in [5.74, 6) is -1.26. The van der Waals surface area contributed by atoms with Crippen LogP contribution >= 0.6 is 11.3 Å². The molecule has 2 N–H and O–H groups in total. The third kappa shape index (κ3) is 5.40. The van der Waals surface area contributed by atoms with Crippen molar-refractivity contribution in [3.63, 3.8) is 0 Å². The zero-order valence-corrected chi connectivity index (χ0v) is 17.0. The van der Waals surface area contributed by atoms with Crippen molar-refractivity contribution in [3.05, 3.63) is 46.3 Å². The molecular weight excluding hydrogens is 364 g/mol. The summed E-state index contributed by atoms with van der Waals surface area (Å²) in [6.07, 6.45) is 0. The third-order valence-corrected chi connectivity index (χ3v) is 5.01. The number of carbonyl (C=O) groups is 3. The second-order valence-electron chi connectivity index (χ2n) is 7.18. The highest BCUT2D eigenvalue weighted by atomic mass is 32.1. The van der Waals surface area contributed by atoms with Crippen LogP contribution in [0.25, 0.3) is 0 Å². The Morgan fingerprint density at radius 3 is 2.26 bits per heavy atom. The monoisotopic (exact) mass is 388 g/mol. The van der Waals surface area contributed by atoms with E-state index in [0.29, 0.717) is 16.3 Å². The molecule has 0 fully saturated rings. The Balaban J connectivity index is 2.07. The lowest BCUT2D eigenvalue weighted by Crippen LogP contribution is -2.28. The highest BCUT2D eigenvalue weighted by Crippen LogP contribution is 2.34. The van der Waals surface area contributed by atoms with E-state index in [4.69, 9.17) is 4.74 Å². The Hall–Kier alpha value is -2.67. The van der Waals surface area contributed by atoms with Gasteiger partial charge in [0.2, 0.25) is 5.91 Å². The number of rotatable bonds is 5. The summed E-state index contributed by atoms with van der Waals surface area (Å²) in [5, 5.41) is 5.89. The molecule has 0 radical (unpaired) electrons. The molecule has 0 spiro atoms. The minimum Gasteiger partial charge on any atom is -0.452 e. The number of benzene rings is 1. The van der Waals surface area contributed by atoms with Gasteiger partial charge in [0.1, 0.15) is 5.00 Å². The average Bonchev–Trinajstić information content (AvgIpc) is 2.87. The number of hydrogen-bond donors (Lipinski definition) is 2. The SMILES string of the molecule is Cc1sc(NC(=O)C(C)(C)C)c(C(=O)OCC(=O)Nc2ccccc2)c1C. The highest BCUT2D eigenvalue weighted by Gasteiger charge is 2.27. The van der Waals surface area contributed by atoms with E-state index >= 15 is 0 Å². The van der Waals surface area contributed by atoms with Crippen LogP contribution in [0.3, 0.4) is 0 Å². The van der Waals surface area contributed by atoms with Crippen LogP contribution in [0.4, 0.5) is 10.7 Å². The number of amides is 2. The molecule has 1 heterocycles. The summed E-state index contributed by atoms with van der Waals surface area (Å²) in [6.45, 7) is 8.63. The molecular formula is C20H24N2O4S. The van der Waals surface area contributed by atoms with Gasteiger partial charge in [-0.3, -0.25) is 9.59 Å². The zero-order valence-electron chi connectivity index (χ0n) is 16.1. The molecule has 1 aromatic carbocycles. The van der Waals surface area contributed by atoms with Crippen LogP contribution in [0.15, 0.2) is 30.3 Å². The van der Waals surface area contributed by atoms with Crippen LogP contribution in [-0.2, 0) is 14.3 Å². The fraction of sp³-hybridized carbons (Fsp3) is 0.350.